The molecule has 0 saturated carbocycles. The second-order valence-corrected chi connectivity index (χ2v) is 10.8. The van der Waals surface area contributed by atoms with Crippen molar-refractivity contribution in [3.05, 3.63) is 46.7 Å². The van der Waals surface area contributed by atoms with Gasteiger partial charge in [0.2, 0.25) is 15.9 Å². The number of nitrogens with one attached hydrogen (secondary N) is 2. The molecule has 2 N–H and O–H groups in total. The Hall–Kier alpha value is -2.23. The summed E-state index contributed by atoms with van der Waals surface area (Å²) in [5.41, 5.74) is 0.469. The zero-order valence-electron chi connectivity index (χ0n) is 17.3. The number of hydrogen-bond donors (Lipinski definition) is 2. The molecule has 7 nitrogen and oxygen atoms in total. The second-order valence-electron chi connectivity index (χ2n) is 7.95. The van der Waals surface area contributed by atoms with E-state index < -0.39 is 16.1 Å². The molecule has 2 aromatic rings. The van der Waals surface area contributed by atoms with Crippen LogP contribution in [0.1, 0.15) is 36.9 Å². The quantitative estimate of drug-likeness (QED) is 0.708. The van der Waals surface area contributed by atoms with Crippen LogP contribution in [0.15, 0.2) is 46.7 Å². The van der Waals surface area contributed by atoms with Crippen LogP contribution in [0, 0.1) is 11.8 Å². The van der Waals surface area contributed by atoms with E-state index in [0.717, 1.165) is 6.42 Å². The molecule has 9 heteroatoms. The van der Waals surface area contributed by atoms with Gasteiger partial charge in [0.05, 0.1) is 9.77 Å². The molecule has 2 amide bonds. The molecule has 162 valence electrons. The summed E-state index contributed by atoms with van der Waals surface area (Å²) in [7, 11) is -3.57. The van der Waals surface area contributed by atoms with Crippen LogP contribution < -0.4 is 10.6 Å². The highest BCUT2D eigenvalue weighted by Crippen LogP contribution is 2.27. The van der Waals surface area contributed by atoms with Crippen LogP contribution in [0.25, 0.3) is 0 Å². The van der Waals surface area contributed by atoms with Gasteiger partial charge in [0.15, 0.2) is 0 Å². The maximum atomic E-state index is 12.9. The summed E-state index contributed by atoms with van der Waals surface area (Å²) in [5.74, 6) is -0.0332. The molecule has 2 heterocycles. The Bertz CT molecular complexity index is 978. The van der Waals surface area contributed by atoms with E-state index in [4.69, 9.17) is 0 Å². The molecule has 0 aliphatic carbocycles. The largest absolute Gasteiger partial charge is 0.340 e. The standard InChI is InChI=1S/C21H27N3O4S2/c1-14-11-15(2)13-24(12-14)30(27,28)18-8-6-17(7-9-18)23-20(25)16(3)22-21(26)19-5-4-10-29-19/h4-10,14-16H,11-13H2,1-3H3,(H,22,26)(H,23,25)/t14-,15+,16-/m1/s1. The minimum absolute atomic E-state index is 0.209. The number of sulfonamides is 1. The lowest BCUT2D eigenvalue weighted by molar-refractivity contribution is -0.117. The zero-order chi connectivity index (χ0) is 21.9. The van der Waals surface area contributed by atoms with Crippen molar-refractivity contribution in [3.63, 3.8) is 0 Å². The van der Waals surface area contributed by atoms with E-state index in [9.17, 15) is 18.0 Å². The molecule has 0 bridgehead atoms. The Balaban J connectivity index is 1.62. The third kappa shape index (κ3) is 5.27. The van der Waals surface area contributed by atoms with Gasteiger partial charge >= 0.3 is 0 Å². The average Bonchev–Trinajstić information content (AvgIpc) is 3.22. The first-order valence-corrected chi connectivity index (χ1v) is 12.2. The van der Waals surface area contributed by atoms with E-state index >= 15 is 0 Å². The highest BCUT2D eigenvalue weighted by atomic mass is 32.2. The molecule has 30 heavy (non-hydrogen) atoms. The molecule has 3 rings (SSSR count). The molecule has 1 aliphatic heterocycles. The maximum absolute atomic E-state index is 12.9. The van der Waals surface area contributed by atoms with Crippen molar-refractivity contribution in [2.75, 3.05) is 18.4 Å². The Kier molecular flexibility index (Phi) is 6.95. The molecule has 1 aromatic heterocycles. The Morgan fingerprint density at radius 2 is 1.73 bits per heavy atom. The highest BCUT2D eigenvalue weighted by molar-refractivity contribution is 7.89. The molecule has 0 radical (unpaired) electrons. The van der Waals surface area contributed by atoms with Gasteiger partial charge in [-0.1, -0.05) is 19.9 Å². The van der Waals surface area contributed by atoms with Crippen molar-refractivity contribution in [3.8, 4) is 0 Å². The number of anilines is 1. The first-order valence-electron chi connectivity index (χ1n) is 9.92. The van der Waals surface area contributed by atoms with Crippen molar-refractivity contribution in [2.45, 2.75) is 38.1 Å². The summed E-state index contributed by atoms with van der Waals surface area (Å²) in [6, 6.07) is 8.86. The zero-order valence-corrected chi connectivity index (χ0v) is 18.9. The number of rotatable bonds is 6. The number of piperidine rings is 1. The average molecular weight is 450 g/mol. The summed E-state index contributed by atoms with van der Waals surface area (Å²) in [6.07, 6.45) is 1.03. The van der Waals surface area contributed by atoms with E-state index in [2.05, 4.69) is 24.5 Å². The smallest absolute Gasteiger partial charge is 0.261 e. The van der Waals surface area contributed by atoms with E-state index in [1.54, 1.807) is 40.9 Å². The van der Waals surface area contributed by atoms with Crippen molar-refractivity contribution in [1.82, 2.24) is 9.62 Å². The second kappa shape index (κ2) is 9.28. The number of amides is 2. The Morgan fingerprint density at radius 3 is 2.30 bits per heavy atom. The van der Waals surface area contributed by atoms with Crippen molar-refractivity contribution in [1.29, 1.82) is 0 Å². The molecule has 1 saturated heterocycles. The van der Waals surface area contributed by atoms with Gasteiger partial charge in [-0.2, -0.15) is 4.31 Å². The summed E-state index contributed by atoms with van der Waals surface area (Å²) >= 11 is 1.30. The van der Waals surface area contributed by atoms with Gasteiger partial charge in [0, 0.05) is 18.8 Å². The third-order valence-electron chi connectivity index (χ3n) is 5.08. The molecule has 0 spiro atoms. The van der Waals surface area contributed by atoms with Crippen LogP contribution in [0.4, 0.5) is 5.69 Å². The number of thiophene rings is 1. The van der Waals surface area contributed by atoms with E-state index in [1.807, 2.05) is 0 Å². The number of carbonyl (C=O) groups is 2. The van der Waals surface area contributed by atoms with E-state index in [1.165, 1.54) is 23.5 Å². The molecular weight excluding hydrogens is 422 g/mol. The maximum Gasteiger partial charge on any atom is 0.261 e. The Morgan fingerprint density at radius 1 is 1.10 bits per heavy atom. The SMILES string of the molecule is C[C@@H]1C[C@H](C)CN(S(=O)(=O)c2ccc(NC(=O)[C@@H](C)NC(=O)c3cccs3)cc2)C1. The Labute approximate surface area is 181 Å². The molecule has 1 aliphatic rings. The highest BCUT2D eigenvalue weighted by Gasteiger charge is 2.31. The van der Waals surface area contributed by atoms with Gasteiger partial charge in [0.25, 0.3) is 5.91 Å². The van der Waals surface area contributed by atoms with Crippen LogP contribution in [0.5, 0.6) is 0 Å². The van der Waals surface area contributed by atoms with Crippen LogP contribution in [0.2, 0.25) is 0 Å². The molecule has 1 aromatic carbocycles. The fourth-order valence-electron chi connectivity index (χ4n) is 3.65. The minimum Gasteiger partial charge on any atom is -0.340 e. The van der Waals surface area contributed by atoms with Gasteiger partial charge in [-0.3, -0.25) is 9.59 Å². The summed E-state index contributed by atoms with van der Waals surface area (Å²) in [4.78, 5) is 25.2. The number of benzene rings is 1. The van der Waals surface area contributed by atoms with Crippen LogP contribution >= 0.6 is 11.3 Å². The van der Waals surface area contributed by atoms with Gasteiger partial charge in [-0.05, 0) is 60.9 Å². The minimum atomic E-state index is -3.57. The third-order valence-corrected chi connectivity index (χ3v) is 7.80. The fourth-order valence-corrected chi connectivity index (χ4v) is 5.96. The summed E-state index contributed by atoms with van der Waals surface area (Å²) in [5, 5.41) is 7.14. The van der Waals surface area contributed by atoms with Crippen LogP contribution in [0.3, 0.4) is 0 Å². The van der Waals surface area contributed by atoms with Crippen LogP contribution in [-0.2, 0) is 14.8 Å². The van der Waals surface area contributed by atoms with Gasteiger partial charge < -0.3 is 10.6 Å². The van der Waals surface area contributed by atoms with Crippen molar-refractivity contribution in [2.24, 2.45) is 11.8 Å². The molecule has 1 fully saturated rings. The summed E-state index contributed by atoms with van der Waals surface area (Å²) < 4.78 is 27.4. The number of hydrogen-bond acceptors (Lipinski definition) is 5. The van der Waals surface area contributed by atoms with Gasteiger partial charge in [0.1, 0.15) is 6.04 Å². The van der Waals surface area contributed by atoms with E-state index in [0.29, 0.717) is 35.5 Å². The van der Waals surface area contributed by atoms with E-state index in [-0.39, 0.29) is 16.7 Å². The van der Waals surface area contributed by atoms with Gasteiger partial charge in [-0.15, -0.1) is 11.3 Å². The normalized spacial score (nSPS) is 21.0. The van der Waals surface area contributed by atoms with Crippen molar-refractivity contribution >= 4 is 38.9 Å². The van der Waals surface area contributed by atoms with Gasteiger partial charge in [-0.25, -0.2) is 8.42 Å². The fraction of sp³-hybridized carbons (Fsp3) is 0.429. The lowest BCUT2D eigenvalue weighted by atomic mass is 9.94. The molecule has 0 unspecified atom stereocenters. The van der Waals surface area contributed by atoms with Crippen molar-refractivity contribution < 1.29 is 18.0 Å². The summed E-state index contributed by atoms with van der Waals surface area (Å²) in [6.45, 7) is 6.77. The topological polar surface area (TPSA) is 95.6 Å². The first-order chi connectivity index (χ1) is 14.2. The molecule has 3 atom stereocenters. The first kappa shape index (κ1) is 22.5. The lowest BCUT2D eigenvalue weighted by Gasteiger charge is -2.34. The number of carbonyl (C=O) groups excluding carboxylic acids is 2. The number of nitrogens with zero attached hydrogens (tertiary/aromatic N) is 1. The lowest BCUT2D eigenvalue weighted by Crippen LogP contribution is -2.42. The van der Waals surface area contributed by atoms with Crippen LogP contribution in [-0.4, -0.2) is 43.7 Å². The monoisotopic (exact) mass is 449 g/mol. The molecular formula is C21H27N3O4S2. The predicted molar refractivity (Wildman–Crippen MR) is 118 cm³/mol. The predicted octanol–water partition coefficient (Wildman–Crippen LogP) is 3.17.